The van der Waals surface area contributed by atoms with E-state index < -0.39 is 34.8 Å². The zero-order valence-corrected chi connectivity index (χ0v) is 22.9. The molecule has 1 saturated carbocycles. The standard InChI is InChI=1S/C30H29ClF5N3O2/c31-22-16-20(37-24(40)17-41-21-9-6-19(7-10-21)18-4-2-1-3-5-18)8-11-23(22)38-12-14-39(15-13-38)30-28(35)26(33)25(32)27(34)29(30)36/h6-11,16,18H,1-5,12-15,17H2,(H,37,40). The minimum Gasteiger partial charge on any atom is -0.484 e. The minimum absolute atomic E-state index is 0.00609. The Bertz CT molecular complexity index is 1380. The maximum atomic E-state index is 14.2. The van der Waals surface area contributed by atoms with E-state index in [2.05, 4.69) is 17.4 Å². The maximum Gasteiger partial charge on any atom is 0.262 e. The molecule has 0 bridgehead atoms. The van der Waals surface area contributed by atoms with Gasteiger partial charge in [-0.15, -0.1) is 0 Å². The molecular weight excluding hydrogens is 565 g/mol. The molecule has 1 amide bonds. The van der Waals surface area contributed by atoms with Gasteiger partial charge >= 0.3 is 0 Å². The molecular formula is C30H29ClF5N3O2. The van der Waals surface area contributed by atoms with Crippen LogP contribution in [0.5, 0.6) is 5.75 Å². The van der Waals surface area contributed by atoms with Crippen LogP contribution in [0.3, 0.4) is 0 Å². The number of nitrogens with zero attached hydrogens (tertiary/aromatic N) is 2. The van der Waals surface area contributed by atoms with Crippen molar-refractivity contribution in [3.05, 3.63) is 82.1 Å². The molecule has 2 aliphatic rings. The second-order valence-electron chi connectivity index (χ2n) is 10.3. The molecule has 218 valence electrons. The van der Waals surface area contributed by atoms with Crippen molar-refractivity contribution >= 4 is 34.6 Å². The average Bonchev–Trinajstić information content (AvgIpc) is 2.99. The Morgan fingerprint density at radius 2 is 1.39 bits per heavy atom. The SMILES string of the molecule is O=C(COc1ccc(C2CCCCC2)cc1)Nc1ccc(N2CCN(c3c(F)c(F)c(F)c(F)c3F)CC2)c(Cl)c1. The number of amides is 1. The number of carbonyl (C=O) groups excluding carboxylic acids is 1. The van der Waals surface area contributed by atoms with Gasteiger partial charge in [-0.3, -0.25) is 4.79 Å². The summed E-state index contributed by atoms with van der Waals surface area (Å²) in [5, 5.41) is 3.07. The number of benzene rings is 3. The van der Waals surface area contributed by atoms with Gasteiger partial charge in [0, 0.05) is 31.9 Å². The summed E-state index contributed by atoms with van der Waals surface area (Å²) in [5.41, 5.74) is 1.43. The van der Waals surface area contributed by atoms with Gasteiger partial charge in [0.2, 0.25) is 5.82 Å². The second kappa shape index (κ2) is 12.5. The number of hydrogen-bond donors (Lipinski definition) is 1. The highest BCUT2D eigenvalue weighted by molar-refractivity contribution is 6.33. The van der Waals surface area contributed by atoms with Gasteiger partial charge in [0.05, 0.1) is 10.7 Å². The third kappa shape index (κ3) is 6.37. The summed E-state index contributed by atoms with van der Waals surface area (Å²) in [6.45, 7) is 0.274. The molecule has 2 fully saturated rings. The van der Waals surface area contributed by atoms with Crippen LogP contribution in [0.4, 0.5) is 39.0 Å². The van der Waals surface area contributed by atoms with E-state index in [1.54, 1.807) is 18.2 Å². The molecule has 0 radical (unpaired) electrons. The minimum atomic E-state index is -2.18. The fraction of sp³-hybridized carbons (Fsp3) is 0.367. The van der Waals surface area contributed by atoms with Crippen LogP contribution in [0.1, 0.15) is 43.6 Å². The molecule has 1 N–H and O–H groups in total. The van der Waals surface area contributed by atoms with Crippen LogP contribution < -0.4 is 19.9 Å². The molecule has 1 aliphatic heterocycles. The maximum absolute atomic E-state index is 14.2. The molecule has 0 atom stereocenters. The zero-order valence-electron chi connectivity index (χ0n) is 22.2. The van der Waals surface area contributed by atoms with Crippen molar-refractivity contribution in [2.75, 3.05) is 47.9 Å². The molecule has 1 aliphatic carbocycles. The van der Waals surface area contributed by atoms with Gasteiger partial charge in [-0.25, -0.2) is 22.0 Å². The molecule has 0 aromatic heterocycles. The lowest BCUT2D eigenvalue weighted by Gasteiger charge is -2.38. The molecule has 41 heavy (non-hydrogen) atoms. The predicted molar refractivity (Wildman–Crippen MR) is 149 cm³/mol. The monoisotopic (exact) mass is 593 g/mol. The molecule has 0 unspecified atom stereocenters. The van der Waals surface area contributed by atoms with Crippen LogP contribution in [-0.4, -0.2) is 38.7 Å². The Morgan fingerprint density at radius 3 is 2.00 bits per heavy atom. The number of piperazine rings is 1. The first-order chi connectivity index (χ1) is 19.7. The lowest BCUT2D eigenvalue weighted by atomic mass is 9.84. The zero-order chi connectivity index (χ0) is 29.1. The topological polar surface area (TPSA) is 44.8 Å². The number of ether oxygens (including phenoxy) is 1. The number of halogens is 6. The van der Waals surface area contributed by atoms with E-state index in [0.29, 0.717) is 28.1 Å². The van der Waals surface area contributed by atoms with Gasteiger partial charge in [0.15, 0.2) is 29.9 Å². The van der Waals surface area contributed by atoms with Gasteiger partial charge in [-0.1, -0.05) is 43.0 Å². The van der Waals surface area contributed by atoms with Gasteiger partial charge < -0.3 is 19.9 Å². The van der Waals surface area contributed by atoms with Crippen molar-refractivity contribution in [2.24, 2.45) is 0 Å². The van der Waals surface area contributed by atoms with E-state index in [1.165, 1.54) is 37.7 Å². The van der Waals surface area contributed by atoms with Crippen LogP contribution in [-0.2, 0) is 4.79 Å². The highest BCUT2D eigenvalue weighted by Gasteiger charge is 2.31. The van der Waals surface area contributed by atoms with Crippen molar-refractivity contribution in [3.8, 4) is 5.75 Å². The van der Waals surface area contributed by atoms with Crippen LogP contribution in [0.15, 0.2) is 42.5 Å². The smallest absolute Gasteiger partial charge is 0.262 e. The van der Waals surface area contributed by atoms with Crippen molar-refractivity contribution in [3.63, 3.8) is 0 Å². The van der Waals surface area contributed by atoms with Crippen LogP contribution in [0.2, 0.25) is 5.02 Å². The van der Waals surface area contributed by atoms with Gasteiger partial charge in [-0.05, 0) is 54.7 Å². The predicted octanol–water partition coefficient (Wildman–Crippen LogP) is 7.43. The Hall–Kier alpha value is -3.53. The molecule has 11 heteroatoms. The number of nitrogens with one attached hydrogen (secondary N) is 1. The summed E-state index contributed by atoms with van der Waals surface area (Å²) < 4.78 is 74.7. The summed E-state index contributed by atoms with van der Waals surface area (Å²) >= 11 is 6.46. The summed E-state index contributed by atoms with van der Waals surface area (Å²) in [5.74, 6) is -8.99. The van der Waals surface area contributed by atoms with Crippen LogP contribution in [0, 0.1) is 29.1 Å². The largest absolute Gasteiger partial charge is 0.484 e. The molecule has 1 heterocycles. The van der Waals surface area contributed by atoms with Crippen molar-refractivity contribution < 1.29 is 31.5 Å². The lowest BCUT2D eigenvalue weighted by molar-refractivity contribution is -0.118. The van der Waals surface area contributed by atoms with E-state index in [4.69, 9.17) is 16.3 Å². The Labute approximate surface area is 239 Å². The first-order valence-corrected chi connectivity index (χ1v) is 13.9. The van der Waals surface area contributed by atoms with E-state index in [9.17, 15) is 26.7 Å². The molecule has 5 nitrogen and oxygen atoms in total. The number of rotatable bonds is 7. The second-order valence-corrected chi connectivity index (χ2v) is 10.7. The summed E-state index contributed by atoms with van der Waals surface area (Å²) in [7, 11) is 0. The average molecular weight is 594 g/mol. The van der Waals surface area contributed by atoms with Crippen LogP contribution in [0.25, 0.3) is 0 Å². The first-order valence-electron chi connectivity index (χ1n) is 13.6. The Kier molecular flexibility index (Phi) is 8.87. The van der Waals surface area contributed by atoms with E-state index >= 15 is 0 Å². The highest BCUT2D eigenvalue weighted by atomic mass is 35.5. The Balaban J connectivity index is 1.14. The van der Waals surface area contributed by atoms with Crippen molar-refractivity contribution in [1.29, 1.82) is 0 Å². The lowest BCUT2D eigenvalue weighted by Crippen LogP contribution is -2.47. The van der Waals surface area contributed by atoms with E-state index in [0.717, 1.165) is 4.90 Å². The quantitative estimate of drug-likeness (QED) is 0.176. The van der Waals surface area contributed by atoms with Gasteiger partial charge in [-0.2, -0.15) is 0 Å². The molecule has 5 rings (SSSR count). The third-order valence-electron chi connectivity index (χ3n) is 7.68. The summed E-state index contributed by atoms with van der Waals surface area (Å²) in [4.78, 5) is 15.4. The molecule has 1 saturated heterocycles. The number of anilines is 3. The fourth-order valence-corrected chi connectivity index (χ4v) is 5.80. The van der Waals surface area contributed by atoms with Gasteiger partial charge in [0.1, 0.15) is 11.4 Å². The molecule has 3 aromatic carbocycles. The number of hydrogen-bond acceptors (Lipinski definition) is 4. The summed E-state index contributed by atoms with van der Waals surface area (Å²) in [6.07, 6.45) is 6.23. The van der Waals surface area contributed by atoms with Crippen molar-refractivity contribution in [1.82, 2.24) is 0 Å². The third-order valence-corrected chi connectivity index (χ3v) is 7.98. The van der Waals surface area contributed by atoms with Crippen molar-refractivity contribution in [2.45, 2.75) is 38.0 Å². The summed E-state index contributed by atoms with van der Waals surface area (Å²) in [6, 6.07) is 12.8. The fourth-order valence-electron chi connectivity index (χ4n) is 5.50. The Morgan fingerprint density at radius 1 is 0.805 bits per heavy atom. The van der Waals surface area contributed by atoms with Gasteiger partial charge in [0.25, 0.3) is 5.91 Å². The highest BCUT2D eigenvalue weighted by Crippen LogP contribution is 2.35. The van der Waals surface area contributed by atoms with E-state index in [1.807, 2.05) is 17.0 Å². The normalized spacial score (nSPS) is 16.1. The molecule has 0 spiro atoms. The van der Waals surface area contributed by atoms with E-state index in [-0.39, 0.29) is 38.7 Å². The number of carbonyl (C=O) groups is 1. The first kappa shape index (κ1) is 29.0. The van der Waals surface area contributed by atoms with Crippen LogP contribution >= 0.6 is 11.6 Å². The molecule has 3 aromatic rings.